The Balaban J connectivity index is 1.40. The quantitative estimate of drug-likeness (QED) is 0.168. The number of amides is 1. The molecule has 0 saturated carbocycles. The fraction of sp³-hybridized carbons (Fsp3) is 0.357. The van der Waals surface area contributed by atoms with Gasteiger partial charge in [0, 0.05) is 17.6 Å². The van der Waals surface area contributed by atoms with Crippen molar-refractivity contribution in [1.29, 1.82) is 0 Å². The molecule has 0 aliphatic rings. The third-order valence-electron chi connectivity index (χ3n) is 6.26. The Morgan fingerprint density at radius 1 is 1.08 bits per heavy atom. The van der Waals surface area contributed by atoms with Crippen molar-refractivity contribution in [1.82, 2.24) is 25.1 Å². The van der Waals surface area contributed by atoms with Crippen LogP contribution in [0.5, 0.6) is 5.75 Å². The number of fused-ring (bicyclic) bond motifs is 1. The second kappa shape index (κ2) is 13.5. The molecule has 4 aromatic rings. The van der Waals surface area contributed by atoms with Crippen molar-refractivity contribution in [3.8, 4) is 5.75 Å². The predicted molar refractivity (Wildman–Crippen MR) is 152 cm³/mol. The van der Waals surface area contributed by atoms with E-state index in [9.17, 15) is 9.18 Å². The van der Waals surface area contributed by atoms with Gasteiger partial charge in [-0.1, -0.05) is 26.0 Å². The van der Waals surface area contributed by atoms with Crippen molar-refractivity contribution in [2.24, 2.45) is 0 Å². The molecule has 0 atom stereocenters. The van der Waals surface area contributed by atoms with Crippen molar-refractivity contribution in [3.63, 3.8) is 0 Å². The highest BCUT2D eigenvalue weighted by atomic mass is 19.1. The Morgan fingerprint density at radius 3 is 2.62 bits per heavy atom. The highest BCUT2D eigenvalue weighted by Gasteiger charge is 2.13. The molecule has 206 valence electrons. The van der Waals surface area contributed by atoms with E-state index >= 15 is 0 Å². The summed E-state index contributed by atoms with van der Waals surface area (Å²) in [7, 11) is 0. The first-order valence-corrected chi connectivity index (χ1v) is 13.2. The molecule has 10 nitrogen and oxygen atoms in total. The molecule has 39 heavy (non-hydrogen) atoms. The zero-order valence-corrected chi connectivity index (χ0v) is 22.6. The number of carbonyl (C=O) groups is 1. The summed E-state index contributed by atoms with van der Waals surface area (Å²) in [5.41, 5.74) is 2.18. The van der Waals surface area contributed by atoms with E-state index in [0.29, 0.717) is 36.0 Å². The van der Waals surface area contributed by atoms with E-state index < -0.39 is 5.82 Å². The molecule has 0 unspecified atom stereocenters. The van der Waals surface area contributed by atoms with E-state index in [1.54, 1.807) is 18.2 Å². The molecule has 4 rings (SSSR count). The number of nitrogens with zero attached hydrogens (tertiary/aromatic N) is 4. The highest BCUT2D eigenvalue weighted by molar-refractivity contribution is 6.01. The molecular formula is C28H35FN8O2. The van der Waals surface area contributed by atoms with Crippen LogP contribution < -0.4 is 20.7 Å². The van der Waals surface area contributed by atoms with Gasteiger partial charge in [0.15, 0.2) is 17.5 Å². The van der Waals surface area contributed by atoms with Crippen molar-refractivity contribution < 1.29 is 13.9 Å². The van der Waals surface area contributed by atoms with E-state index in [-0.39, 0.29) is 18.1 Å². The lowest BCUT2D eigenvalue weighted by Gasteiger charge is -2.17. The van der Waals surface area contributed by atoms with Crippen LogP contribution in [-0.4, -0.2) is 63.8 Å². The zero-order chi connectivity index (χ0) is 27.6. The number of halogens is 1. The van der Waals surface area contributed by atoms with Crippen LogP contribution >= 0.6 is 0 Å². The predicted octanol–water partition coefficient (Wildman–Crippen LogP) is 4.96. The SMILES string of the molecule is CCOc1ccc(CC(=O)Nc2n[nH]c3ccc(Nc4nc(NCCCN(CC)CC)ncc4F)cc23)cc1. The van der Waals surface area contributed by atoms with Gasteiger partial charge in [0.05, 0.1) is 24.7 Å². The minimum Gasteiger partial charge on any atom is -0.494 e. The monoisotopic (exact) mass is 534 g/mol. The normalized spacial score (nSPS) is 11.1. The second-order valence-electron chi connectivity index (χ2n) is 8.96. The molecular weight excluding hydrogens is 499 g/mol. The number of H-pyrrole nitrogens is 1. The van der Waals surface area contributed by atoms with E-state index in [1.807, 2.05) is 31.2 Å². The van der Waals surface area contributed by atoms with Gasteiger partial charge in [0.25, 0.3) is 0 Å². The molecule has 2 aromatic carbocycles. The maximum absolute atomic E-state index is 14.5. The van der Waals surface area contributed by atoms with Gasteiger partial charge in [0.2, 0.25) is 11.9 Å². The molecule has 0 fully saturated rings. The van der Waals surface area contributed by atoms with Crippen LogP contribution in [0.1, 0.15) is 32.8 Å². The first-order valence-electron chi connectivity index (χ1n) is 13.2. The number of carbonyl (C=O) groups excluding carboxylic acids is 1. The summed E-state index contributed by atoms with van der Waals surface area (Å²) < 4.78 is 20.0. The van der Waals surface area contributed by atoms with Crippen LogP contribution in [0.3, 0.4) is 0 Å². The lowest BCUT2D eigenvalue weighted by molar-refractivity contribution is -0.115. The molecule has 0 aliphatic heterocycles. The van der Waals surface area contributed by atoms with Crippen molar-refractivity contribution in [2.75, 3.05) is 48.7 Å². The summed E-state index contributed by atoms with van der Waals surface area (Å²) >= 11 is 0. The number of nitrogens with one attached hydrogen (secondary N) is 4. The molecule has 2 heterocycles. The minimum atomic E-state index is -0.570. The second-order valence-corrected chi connectivity index (χ2v) is 8.96. The third kappa shape index (κ3) is 7.64. The standard InChI is InChI=1S/C28H35FN8O2/c1-4-37(5-2)15-7-14-30-28-31-18-23(29)27(34-28)32-20-10-13-24-22(17-20)26(36-35-24)33-25(38)16-19-8-11-21(12-9-19)39-6-3/h8-13,17-18H,4-7,14-16H2,1-3H3,(H2,30,31,32,34)(H2,33,35,36,38). The molecule has 0 spiro atoms. The largest absolute Gasteiger partial charge is 0.494 e. The number of anilines is 4. The first-order chi connectivity index (χ1) is 19.0. The summed E-state index contributed by atoms with van der Waals surface area (Å²) in [6.45, 7) is 10.4. The van der Waals surface area contributed by atoms with Crippen molar-refractivity contribution in [2.45, 2.75) is 33.6 Å². The Bertz CT molecular complexity index is 1370. The molecule has 11 heteroatoms. The van der Waals surface area contributed by atoms with Gasteiger partial charge >= 0.3 is 0 Å². The Labute approximate surface area is 227 Å². The summed E-state index contributed by atoms with van der Waals surface area (Å²) in [5, 5.41) is 16.9. The number of hydrogen-bond donors (Lipinski definition) is 4. The van der Waals surface area contributed by atoms with Gasteiger partial charge in [-0.15, -0.1) is 0 Å². The zero-order valence-electron chi connectivity index (χ0n) is 22.6. The van der Waals surface area contributed by atoms with Gasteiger partial charge < -0.3 is 25.6 Å². The molecule has 1 amide bonds. The average molecular weight is 535 g/mol. The van der Waals surface area contributed by atoms with E-state index in [2.05, 4.69) is 54.9 Å². The van der Waals surface area contributed by atoms with Crippen LogP contribution in [-0.2, 0) is 11.2 Å². The van der Waals surface area contributed by atoms with Crippen molar-refractivity contribution in [3.05, 3.63) is 60.0 Å². The number of benzene rings is 2. The van der Waals surface area contributed by atoms with Crippen LogP contribution in [0, 0.1) is 5.82 Å². The number of ether oxygens (including phenoxy) is 1. The van der Waals surface area contributed by atoms with E-state index in [1.165, 1.54) is 0 Å². The lowest BCUT2D eigenvalue weighted by atomic mass is 10.1. The number of aromatic amines is 1. The maximum Gasteiger partial charge on any atom is 0.230 e. The summed E-state index contributed by atoms with van der Waals surface area (Å²) in [4.78, 5) is 23.4. The Kier molecular flexibility index (Phi) is 9.63. The van der Waals surface area contributed by atoms with Gasteiger partial charge in [-0.3, -0.25) is 9.89 Å². The highest BCUT2D eigenvalue weighted by Crippen LogP contribution is 2.27. The van der Waals surface area contributed by atoms with Crippen LogP contribution in [0.25, 0.3) is 10.9 Å². The average Bonchev–Trinajstić information content (AvgIpc) is 3.33. The van der Waals surface area contributed by atoms with Crippen LogP contribution in [0.2, 0.25) is 0 Å². The number of hydrogen-bond acceptors (Lipinski definition) is 8. The number of aromatic nitrogens is 4. The smallest absolute Gasteiger partial charge is 0.230 e. The molecule has 2 aromatic heterocycles. The molecule has 0 radical (unpaired) electrons. The minimum absolute atomic E-state index is 0.0557. The molecule has 4 N–H and O–H groups in total. The van der Waals surface area contributed by atoms with Gasteiger partial charge in [0.1, 0.15) is 5.75 Å². The van der Waals surface area contributed by atoms with Crippen LogP contribution in [0.15, 0.2) is 48.7 Å². The van der Waals surface area contributed by atoms with Gasteiger partial charge in [-0.25, -0.2) is 9.37 Å². The maximum atomic E-state index is 14.5. The number of rotatable bonds is 14. The van der Waals surface area contributed by atoms with Crippen molar-refractivity contribution >= 4 is 40.1 Å². The molecule has 0 aliphatic carbocycles. The summed E-state index contributed by atoms with van der Waals surface area (Å²) in [6.07, 6.45) is 2.26. The summed E-state index contributed by atoms with van der Waals surface area (Å²) in [5.74, 6) is 0.788. The van der Waals surface area contributed by atoms with Gasteiger partial charge in [-0.2, -0.15) is 10.1 Å². The molecule has 0 saturated heterocycles. The fourth-order valence-electron chi connectivity index (χ4n) is 4.14. The Morgan fingerprint density at radius 2 is 1.87 bits per heavy atom. The lowest BCUT2D eigenvalue weighted by Crippen LogP contribution is -2.25. The van der Waals surface area contributed by atoms with Crippen LogP contribution in [0.4, 0.5) is 27.7 Å². The van der Waals surface area contributed by atoms with E-state index in [4.69, 9.17) is 4.74 Å². The fourth-order valence-corrected chi connectivity index (χ4v) is 4.14. The third-order valence-corrected chi connectivity index (χ3v) is 6.26. The Hall–Kier alpha value is -4.25. The molecule has 0 bridgehead atoms. The van der Waals surface area contributed by atoms with E-state index in [0.717, 1.165) is 49.1 Å². The van der Waals surface area contributed by atoms with Gasteiger partial charge in [-0.05, 0) is 68.9 Å². The summed E-state index contributed by atoms with van der Waals surface area (Å²) in [6, 6.07) is 12.8. The topological polar surface area (TPSA) is 120 Å². The first kappa shape index (κ1) is 27.8.